The Morgan fingerprint density at radius 2 is 1.97 bits per heavy atom. The highest BCUT2D eigenvalue weighted by atomic mass is 32.2. The maximum absolute atomic E-state index is 12.8. The van der Waals surface area contributed by atoms with Gasteiger partial charge in [0.25, 0.3) is 5.69 Å². The molecule has 2 heterocycles. The molecule has 0 bridgehead atoms. The lowest BCUT2D eigenvalue weighted by Gasteiger charge is -2.35. The first-order chi connectivity index (χ1) is 13.6. The molecule has 1 fully saturated rings. The minimum Gasteiger partial charge on any atom is -0.385 e. The number of alkyl halides is 2. The van der Waals surface area contributed by atoms with E-state index in [4.69, 9.17) is 0 Å². The molecule has 0 spiro atoms. The van der Waals surface area contributed by atoms with E-state index in [1.165, 1.54) is 6.07 Å². The van der Waals surface area contributed by atoms with Crippen molar-refractivity contribution in [2.75, 3.05) is 18.0 Å². The Morgan fingerprint density at radius 3 is 2.48 bits per heavy atom. The monoisotopic (exact) mass is 430 g/mol. The van der Waals surface area contributed by atoms with Crippen molar-refractivity contribution < 1.29 is 27.2 Å². The summed E-state index contributed by atoms with van der Waals surface area (Å²) < 4.78 is 50.5. The molecule has 0 amide bonds. The van der Waals surface area contributed by atoms with Gasteiger partial charge in [-0.05, 0) is 30.9 Å². The van der Waals surface area contributed by atoms with E-state index in [-0.39, 0.29) is 11.6 Å². The van der Waals surface area contributed by atoms with Crippen molar-refractivity contribution in [1.29, 1.82) is 0 Å². The molecule has 1 unspecified atom stereocenters. The van der Waals surface area contributed by atoms with E-state index >= 15 is 0 Å². The Balaban J connectivity index is 1.80. The largest absolute Gasteiger partial charge is 0.385 e. The van der Waals surface area contributed by atoms with Gasteiger partial charge in [0.05, 0.1) is 9.82 Å². The lowest BCUT2D eigenvalue weighted by molar-refractivity contribution is -0.384. The minimum absolute atomic E-state index is 0.0927. The number of nitrogens with zero attached hydrogens (tertiary/aromatic N) is 4. The van der Waals surface area contributed by atoms with Crippen LogP contribution >= 0.6 is 0 Å². The number of imidazole rings is 1. The van der Waals surface area contributed by atoms with Crippen molar-refractivity contribution in [2.45, 2.75) is 29.6 Å². The van der Waals surface area contributed by atoms with Crippen LogP contribution in [0.5, 0.6) is 0 Å². The maximum Gasteiger partial charge on any atom is 0.341 e. The van der Waals surface area contributed by atoms with E-state index in [0.717, 1.165) is 6.07 Å². The topological polar surface area (TPSA) is 119 Å². The molecule has 1 aliphatic heterocycles. The standard InChI is InChI=1S/C17H20F2N4O5S/c1-21-9-6-20-16(21)15(24)11-4-7-22(8-5-11)13-3-2-12(10-14(13)23(25)26)29(27,28)17(18)19/h2-3,6,9-11,15,17,24H,4-5,7-8H2,1H3. The maximum atomic E-state index is 12.8. The van der Waals surface area contributed by atoms with Gasteiger partial charge in [-0.1, -0.05) is 0 Å². The second-order valence-electron chi connectivity index (χ2n) is 6.88. The SMILES string of the molecule is Cn1ccnc1C(O)C1CCN(c2ccc(S(=O)(=O)C(F)F)cc2[N+](=O)[O-])CC1. The lowest BCUT2D eigenvalue weighted by Crippen LogP contribution is -2.36. The third-order valence-corrected chi connectivity index (χ3v) is 6.54. The number of sulfone groups is 1. The molecular formula is C17H20F2N4O5S. The van der Waals surface area contributed by atoms with Gasteiger partial charge in [-0.2, -0.15) is 8.78 Å². The number of aryl methyl sites for hydroxylation is 1. The van der Waals surface area contributed by atoms with Crippen LogP contribution in [0.2, 0.25) is 0 Å². The van der Waals surface area contributed by atoms with Crippen molar-refractivity contribution >= 4 is 21.2 Å². The van der Waals surface area contributed by atoms with E-state index in [9.17, 15) is 32.4 Å². The predicted molar refractivity (Wildman–Crippen MR) is 99.4 cm³/mol. The summed E-state index contributed by atoms with van der Waals surface area (Å²) in [7, 11) is -3.15. The van der Waals surface area contributed by atoms with Crippen LogP contribution in [-0.4, -0.2) is 46.8 Å². The molecule has 1 N–H and O–H groups in total. The van der Waals surface area contributed by atoms with Gasteiger partial charge >= 0.3 is 5.76 Å². The van der Waals surface area contributed by atoms with Gasteiger partial charge in [0, 0.05) is 38.6 Å². The summed E-state index contributed by atoms with van der Waals surface area (Å²) in [6, 6.07) is 2.81. The minimum atomic E-state index is -4.93. The Hall–Kier alpha value is -2.60. The highest BCUT2D eigenvalue weighted by Crippen LogP contribution is 2.37. The second kappa shape index (κ2) is 8.03. The predicted octanol–water partition coefficient (Wildman–Crippen LogP) is 2.27. The molecule has 1 aromatic carbocycles. The highest BCUT2D eigenvalue weighted by Gasteiger charge is 2.33. The molecule has 1 saturated heterocycles. The quantitative estimate of drug-likeness (QED) is 0.552. The highest BCUT2D eigenvalue weighted by molar-refractivity contribution is 7.91. The number of nitro benzene ring substituents is 1. The third kappa shape index (κ3) is 4.08. The summed E-state index contributed by atoms with van der Waals surface area (Å²) in [6.07, 6.45) is 3.61. The number of piperidine rings is 1. The molecule has 0 saturated carbocycles. The molecule has 0 aliphatic carbocycles. The Kier molecular flexibility index (Phi) is 5.85. The number of rotatable bonds is 6. The average Bonchev–Trinajstić information content (AvgIpc) is 3.12. The number of hydrogen-bond donors (Lipinski definition) is 1. The van der Waals surface area contributed by atoms with E-state index in [1.54, 1.807) is 28.9 Å². The molecule has 2 aromatic rings. The van der Waals surface area contributed by atoms with Crippen LogP contribution in [0.4, 0.5) is 20.2 Å². The number of aromatic nitrogens is 2. The van der Waals surface area contributed by atoms with Crippen molar-refractivity contribution in [3.8, 4) is 0 Å². The van der Waals surface area contributed by atoms with Crippen molar-refractivity contribution in [1.82, 2.24) is 9.55 Å². The average molecular weight is 430 g/mol. The number of nitro groups is 1. The zero-order valence-corrected chi connectivity index (χ0v) is 16.3. The van der Waals surface area contributed by atoms with E-state index in [1.807, 2.05) is 0 Å². The van der Waals surface area contributed by atoms with Crippen LogP contribution in [0.25, 0.3) is 0 Å². The van der Waals surface area contributed by atoms with Gasteiger partial charge in [0.1, 0.15) is 17.6 Å². The number of halogens is 2. The van der Waals surface area contributed by atoms with Crippen molar-refractivity contribution in [3.63, 3.8) is 0 Å². The number of aliphatic hydroxyl groups is 1. The molecule has 0 radical (unpaired) electrons. The lowest BCUT2D eigenvalue weighted by atomic mass is 9.90. The molecule has 1 aliphatic rings. The molecule has 12 heteroatoms. The number of hydrogen-bond acceptors (Lipinski definition) is 7. The zero-order valence-electron chi connectivity index (χ0n) is 15.5. The first kappa shape index (κ1) is 21.1. The molecule has 29 heavy (non-hydrogen) atoms. The summed E-state index contributed by atoms with van der Waals surface area (Å²) in [5, 5.41) is 22.0. The van der Waals surface area contributed by atoms with Crippen molar-refractivity contribution in [2.24, 2.45) is 13.0 Å². The second-order valence-corrected chi connectivity index (χ2v) is 8.80. The van der Waals surface area contributed by atoms with Crippen LogP contribution in [-0.2, 0) is 16.9 Å². The molecule has 9 nitrogen and oxygen atoms in total. The van der Waals surface area contributed by atoms with Crippen LogP contribution in [0.15, 0.2) is 35.5 Å². The zero-order chi connectivity index (χ0) is 21.3. The summed E-state index contributed by atoms with van der Waals surface area (Å²) in [4.78, 5) is 15.7. The smallest absolute Gasteiger partial charge is 0.341 e. The Morgan fingerprint density at radius 1 is 1.31 bits per heavy atom. The fraction of sp³-hybridized carbons (Fsp3) is 0.471. The fourth-order valence-corrected chi connectivity index (χ4v) is 4.27. The number of benzene rings is 1. The van der Waals surface area contributed by atoms with Crippen LogP contribution in [0.3, 0.4) is 0 Å². The first-order valence-electron chi connectivity index (χ1n) is 8.83. The molecule has 158 valence electrons. The molecule has 1 aromatic heterocycles. The first-order valence-corrected chi connectivity index (χ1v) is 10.4. The van der Waals surface area contributed by atoms with Crippen LogP contribution in [0, 0.1) is 16.0 Å². The fourth-order valence-electron chi connectivity index (χ4n) is 3.53. The van der Waals surface area contributed by atoms with Gasteiger partial charge in [-0.3, -0.25) is 10.1 Å². The van der Waals surface area contributed by atoms with Gasteiger partial charge in [-0.25, -0.2) is 13.4 Å². The van der Waals surface area contributed by atoms with Crippen molar-refractivity contribution in [3.05, 3.63) is 46.5 Å². The summed E-state index contributed by atoms with van der Waals surface area (Å²) in [6.45, 7) is 0.766. The summed E-state index contributed by atoms with van der Waals surface area (Å²) in [5.74, 6) is -3.21. The molecular weight excluding hydrogens is 410 g/mol. The normalized spacial score (nSPS) is 16.9. The number of aliphatic hydroxyl groups excluding tert-OH is 1. The summed E-state index contributed by atoms with van der Waals surface area (Å²) in [5.41, 5.74) is -0.386. The van der Waals surface area contributed by atoms with Gasteiger partial charge < -0.3 is 14.6 Å². The van der Waals surface area contributed by atoms with Crippen LogP contribution < -0.4 is 4.90 Å². The Labute approximate surface area is 165 Å². The Bertz CT molecular complexity index is 1000. The summed E-state index contributed by atoms with van der Waals surface area (Å²) >= 11 is 0. The van der Waals surface area contributed by atoms with E-state index in [2.05, 4.69) is 4.98 Å². The van der Waals surface area contributed by atoms with E-state index in [0.29, 0.717) is 37.8 Å². The van der Waals surface area contributed by atoms with Gasteiger partial charge in [-0.15, -0.1) is 0 Å². The van der Waals surface area contributed by atoms with Gasteiger partial charge in [0.15, 0.2) is 0 Å². The third-order valence-electron chi connectivity index (χ3n) is 5.16. The van der Waals surface area contributed by atoms with Crippen LogP contribution in [0.1, 0.15) is 24.8 Å². The molecule has 3 rings (SSSR count). The van der Waals surface area contributed by atoms with E-state index < -0.39 is 37.2 Å². The number of anilines is 1. The molecule has 1 atom stereocenters. The van der Waals surface area contributed by atoms with Gasteiger partial charge in [0.2, 0.25) is 9.84 Å².